The summed E-state index contributed by atoms with van der Waals surface area (Å²) in [5, 5.41) is 13.5. The Morgan fingerprint density at radius 1 is 1.22 bits per heavy atom. The number of nitro groups is 1. The van der Waals surface area contributed by atoms with E-state index in [4.69, 9.17) is 4.74 Å². The van der Waals surface area contributed by atoms with Crippen molar-refractivity contribution in [1.29, 1.82) is 0 Å². The number of nitrogens with one attached hydrogen (secondary N) is 1. The number of nitrogens with zero attached hydrogens (tertiary/aromatic N) is 1. The summed E-state index contributed by atoms with van der Waals surface area (Å²) in [4.78, 5) is 22.2. The zero-order valence-electron chi connectivity index (χ0n) is 12.4. The monoisotopic (exact) mass is 312 g/mol. The molecule has 118 valence electrons. The minimum absolute atomic E-state index is 0.0289. The van der Waals surface area contributed by atoms with Crippen molar-refractivity contribution in [3.8, 4) is 5.75 Å². The van der Waals surface area contributed by atoms with Crippen molar-refractivity contribution in [2.24, 2.45) is 5.92 Å². The van der Waals surface area contributed by atoms with Crippen LogP contribution in [0.1, 0.15) is 15.9 Å². The number of hydrogen-bond donors (Lipinski definition) is 1. The van der Waals surface area contributed by atoms with E-state index in [0.29, 0.717) is 18.7 Å². The Bertz CT molecular complexity index is 728. The largest absolute Gasteiger partial charge is 0.493 e. The average Bonchev–Trinajstić information content (AvgIpc) is 2.59. The zero-order valence-corrected chi connectivity index (χ0v) is 12.4. The van der Waals surface area contributed by atoms with Gasteiger partial charge in [0, 0.05) is 30.2 Å². The summed E-state index contributed by atoms with van der Waals surface area (Å²) in [7, 11) is 0. The fraction of sp³-hybridized carbons (Fsp3) is 0.235. The van der Waals surface area contributed by atoms with E-state index >= 15 is 0 Å². The summed E-state index contributed by atoms with van der Waals surface area (Å²) in [5.41, 5.74) is 1.53. The standard InChI is InChI=1S/C17H16N2O4/c20-17(13-5-7-15(8-6-13)19(21)22)18-10-12-9-14-3-1-2-4-16(14)23-11-12/h1-8,12H,9-11H2,(H,18,20). The predicted molar refractivity (Wildman–Crippen MR) is 84.6 cm³/mol. The van der Waals surface area contributed by atoms with Gasteiger partial charge in [-0.1, -0.05) is 18.2 Å². The third-order valence-corrected chi connectivity index (χ3v) is 3.85. The first-order valence-electron chi connectivity index (χ1n) is 7.37. The molecule has 6 heteroatoms. The number of nitro benzene ring substituents is 1. The number of para-hydroxylation sites is 1. The predicted octanol–water partition coefficient (Wildman–Crippen LogP) is 2.58. The second kappa shape index (κ2) is 6.48. The summed E-state index contributed by atoms with van der Waals surface area (Å²) < 4.78 is 5.69. The number of non-ortho nitro benzene ring substituents is 1. The normalized spacial score (nSPS) is 16.1. The zero-order chi connectivity index (χ0) is 16.2. The van der Waals surface area contributed by atoms with Crippen LogP contribution in [0.15, 0.2) is 48.5 Å². The van der Waals surface area contributed by atoms with Gasteiger partial charge in [0.25, 0.3) is 11.6 Å². The SMILES string of the molecule is O=C(NCC1COc2ccccc2C1)c1ccc([N+](=O)[O-])cc1. The van der Waals surface area contributed by atoms with Crippen molar-refractivity contribution < 1.29 is 14.5 Å². The van der Waals surface area contributed by atoms with Crippen LogP contribution < -0.4 is 10.1 Å². The lowest BCUT2D eigenvalue weighted by Gasteiger charge is -2.25. The second-order valence-corrected chi connectivity index (χ2v) is 5.50. The third kappa shape index (κ3) is 3.48. The van der Waals surface area contributed by atoms with Gasteiger partial charge in [-0.05, 0) is 30.2 Å². The molecule has 23 heavy (non-hydrogen) atoms. The Morgan fingerprint density at radius 2 is 1.96 bits per heavy atom. The van der Waals surface area contributed by atoms with Crippen LogP contribution in [0, 0.1) is 16.0 Å². The third-order valence-electron chi connectivity index (χ3n) is 3.85. The maximum atomic E-state index is 12.1. The van der Waals surface area contributed by atoms with Gasteiger partial charge in [-0.15, -0.1) is 0 Å². The smallest absolute Gasteiger partial charge is 0.269 e. The maximum absolute atomic E-state index is 12.1. The highest BCUT2D eigenvalue weighted by atomic mass is 16.6. The minimum Gasteiger partial charge on any atom is -0.493 e. The van der Waals surface area contributed by atoms with Crippen LogP contribution in [0.3, 0.4) is 0 Å². The first-order valence-corrected chi connectivity index (χ1v) is 7.37. The molecule has 1 aliphatic rings. The van der Waals surface area contributed by atoms with E-state index in [0.717, 1.165) is 17.7 Å². The van der Waals surface area contributed by atoms with Crippen LogP contribution in [-0.2, 0) is 6.42 Å². The van der Waals surface area contributed by atoms with Crippen molar-refractivity contribution in [3.05, 3.63) is 69.8 Å². The lowest BCUT2D eigenvalue weighted by molar-refractivity contribution is -0.384. The summed E-state index contributed by atoms with van der Waals surface area (Å²) in [6.45, 7) is 1.07. The molecule has 0 saturated heterocycles. The molecule has 0 fully saturated rings. The highest BCUT2D eigenvalue weighted by molar-refractivity contribution is 5.94. The number of fused-ring (bicyclic) bond motifs is 1. The van der Waals surface area contributed by atoms with Gasteiger partial charge in [-0.25, -0.2) is 0 Å². The van der Waals surface area contributed by atoms with Gasteiger partial charge in [0.05, 0.1) is 11.5 Å². The highest BCUT2D eigenvalue weighted by Gasteiger charge is 2.20. The first-order chi connectivity index (χ1) is 11.1. The van der Waals surface area contributed by atoms with E-state index < -0.39 is 4.92 Å². The highest BCUT2D eigenvalue weighted by Crippen LogP contribution is 2.26. The molecule has 1 N–H and O–H groups in total. The van der Waals surface area contributed by atoms with Crippen LogP contribution in [0.4, 0.5) is 5.69 Å². The van der Waals surface area contributed by atoms with Gasteiger partial charge < -0.3 is 10.1 Å². The van der Waals surface area contributed by atoms with Crippen molar-refractivity contribution >= 4 is 11.6 Å². The number of ether oxygens (including phenoxy) is 1. The van der Waals surface area contributed by atoms with E-state index in [1.165, 1.54) is 24.3 Å². The molecule has 1 atom stereocenters. The van der Waals surface area contributed by atoms with Gasteiger partial charge in [0.2, 0.25) is 0 Å². The molecule has 6 nitrogen and oxygen atoms in total. The average molecular weight is 312 g/mol. The number of amides is 1. The first kappa shape index (κ1) is 15.0. The van der Waals surface area contributed by atoms with Gasteiger partial charge in [-0.2, -0.15) is 0 Å². The Balaban J connectivity index is 1.56. The molecule has 3 rings (SSSR count). The van der Waals surface area contributed by atoms with Gasteiger partial charge >= 0.3 is 0 Å². The number of carbonyl (C=O) groups excluding carboxylic acids is 1. The molecule has 0 aliphatic carbocycles. The summed E-state index contributed by atoms with van der Waals surface area (Å²) in [6.07, 6.45) is 0.858. The van der Waals surface area contributed by atoms with Gasteiger partial charge in [0.15, 0.2) is 0 Å². The molecular weight excluding hydrogens is 296 g/mol. The Morgan fingerprint density at radius 3 is 2.70 bits per heavy atom. The Hall–Kier alpha value is -2.89. The number of rotatable bonds is 4. The van der Waals surface area contributed by atoms with E-state index in [-0.39, 0.29) is 17.5 Å². The van der Waals surface area contributed by atoms with Crippen molar-refractivity contribution in [3.63, 3.8) is 0 Å². The molecule has 0 saturated carbocycles. The summed E-state index contributed by atoms with van der Waals surface area (Å²) in [6, 6.07) is 13.5. The minimum atomic E-state index is -0.488. The van der Waals surface area contributed by atoms with Crippen LogP contribution in [0.25, 0.3) is 0 Å². The molecule has 0 spiro atoms. The second-order valence-electron chi connectivity index (χ2n) is 5.50. The van der Waals surface area contributed by atoms with E-state index in [2.05, 4.69) is 5.32 Å². The van der Waals surface area contributed by atoms with Gasteiger partial charge in [-0.3, -0.25) is 14.9 Å². The quantitative estimate of drug-likeness (QED) is 0.695. The molecule has 2 aromatic carbocycles. The molecule has 1 heterocycles. The van der Waals surface area contributed by atoms with Crippen molar-refractivity contribution in [2.45, 2.75) is 6.42 Å². The Labute approximate surface area is 133 Å². The van der Waals surface area contributed by atoms with E-state index in [9.17, 15) is 14.9 Å². The molecular formula is C17H16N2O4. The van der Waals surface area contributed by atoms with E-state index in [1.807, 2.05) is 24.3 Å². The van der Waals surface area contributed by atoms with Crippen molar-refractivity contribution in [2.75, 3.05) is 13.2 Å². The number of carbonyl (C=O) groups is 1. The Kier molecular flexibility index (Phi) is 4.23. The fourth-order valence-corrected chi connectivity index (χ4v) is 2.60. The lowest BCUT2D eigenvalue weighted by atomic mass is 9.96. The fourth-order valence-electron chi connectivity index (χ4n) is 2.60. The molecule has 1 amide bonds. The van der Waals surface area contributed by atoms with Crippen molar-refractivity contribution in [1.82, 2.24) is 5.32 Å². The van der Waals surface area contributed by atoms with Crippen LogP contribution in [0.5, 0.6) is 5.75 Å². The van der Waals surface area contributed by atoms with Gasteiger partial charge in [0.1, 0.15) is 5.75 Å². The molecule has 2 aromatic rings. The summed E-state index contributed by atoms with van der Waals surface area (Å²) >= 11 is 0. The molecule has 0 radical (unpaired) electrons. The van der Waals surface area contributed by atoms with Crippen LogP contribution in [0.2, 0.25) is 0 Å². The van der Waals surface area contributed by atoms with E-state index in [1.54, 1.807) is 0 Å². The molecule has 0 bridgehead atoms. The topological polar surface area (TPSA) is 81.5 Å². The molecule has 1 unspecified atom stereocenters. The molecule has 0 aromatic heterocycles. The number of benzene rings is 2. The lowest BCUT2D eigenvalue weighted by Crippen LogP contribution is -2.34. The van der Waals surface area contributed by atoms with Crippen LogP contribution in [-0.4, -0.2) is 24.0 Å². The van der Waals surface area contributed by atoms with Crippen LogP contribution >= 0.6 is 0 Å². The molecule has 1 aliphatic heterocycles. The summed E-state index contributed by atoms with van der Waals surface area (Å²) in [5.74, 6) is 0.885. The number of hydrogen-bond acceptors (Lipinski definition) is 4. The maximum Gasteiger partial charge on any atom is 0.269 e.